The number of piperidine rings is 1. The summed E-state index contributed by atoms with van der Waals surface area (Å²) in [5, 5.41) is 2.85. The van der Waals surface area contributed by atoms with Gasteiger partial charge in [-0.1, -0.05) is 36.9 Å². The lowest BCUT2D eigenvalue weighted by molar-refractivity contribution is -0.116. The maximum Gasteiger partial charge on any atom is 0.244 e. The molecule has 1 amide bonds. The monoisotopic (exact) mass is 369 g/mol. The van der Waals surface area contributed by atoms with Crippen LogP contribution in [-0.2, 0) is 14.8 Å². The molecule has 26 heavy (non-hydrogen) atoms. The zero-order chi connectivity index (χ0) is 18.3. The average molecular weight is 369 g/mol. The molecular formula is C19H19N3O3S. The van der Waals surface area contributed by atoms with Crippen LogP contribution in [0.4, 0.5) is 0 Å². The lowest BCUT2D eigenvalue weighted by Crippen LogP contribution is -2.37. The number of benzene rings is 1. The summed E-state index contributed by atoms with van der Waals surface area (Å²) in [6.45, 7) is 4.29. The quantitative estimate of drug-likeness (QED) is 0.813. The van der Waals surface area contributed by atoms with Gasteiger partial charge in [-0.05, 0) is 30.0 Å². The highest BCUT2D eigenvalue weighted by molar-refractivity contribution is 7.89. The molecule has 0 bridgehead atoms. The van der Waals surface area contributed by atoms with Crippen LogP contribution in [-0.4, -0.2) is 42.7 Å². The van der Waals surface area contributed by atoms with Gasteiger partial charge in [0.1, 0.15) is 4.90 Å². The number of carbonyl (C=O) groups excluding carboxylic acids is 1. The molecule has 1 saturated carbocycles. The summed E-state index contributed by atoms with van der Waals surface area (Å²) in [7, 11) is -3.56. The van der Waals surface area contributed by atoms with Crippen molar-refractivity contribution in [1.82, 2.24) is 14.6 Å². The van der Waals surface area contributed by atoms with Gasteiger partial charge in [0.25, 0.3) is 0 Å². The summed E-state index contributed by atoms with van der Waals surface area (Å²) in [5.74, 6) is 0.162. The molecular weight excluding hydrogens is 350 g/mol. The van der Waals surface area contributed by atoms with E-state index < -0.39 is 10.0 Å². The van der Waals surface area contributed by atoms with Crippen LogP contribution in [0.25, 0.3) is 11.3 Å². The number of amides is 1. The topological polar surface area (TPSA) is 79.4 Å². The number of hydrogen-bond donors (Lipinski definition) is 1. The maximum atomic E-state index is 12.8. The number of nitrogens with zero attached hydrogens (tertiary/aromatic N) is 2. The zero-order valence-corrected chi connectivity index (χ0v) is 14.9. The van der Waals surface area contributed by atoms with E-state index in [1.165, 1.54) is 16.6 Å². The number of aromatic nitrogens is 1. The van der Waals surface area contributed by atoms with Crippen molar-refractivity contribution in [2.75, 3.05) is 13.1 Å². The second-order valence-electron chi connectivity index (χ2n) is 6.63. The van der Waals surface area contributed by atoms with Crippen molar-refractivity contribution in [3.8, 4) is 11.3 Å². The lowest BCUT2D eigenvalue weighted by Gasteiger charge is -2.19. The Balaban J connectivity index is 1.45. The summed E-state index contributed by atoms with van der Waals surface area (Å²) < 4.78 is 27.1. The first kappa shape index (κ1) is 16.9. The lowest BCUT2D eigenvalue weighted by atomic mass is 10.1. The molecule has 2 aromatic rings. The third-order valence-corrected chi connectivity index (χ3v) is 6.91. The fourth-order valence-electron chi connectivity index (χ4n) is 3.58. The fraction of sp³-hybridized carbons (Fsp3) is 0.263. The van der Waals surface area contributed by atoms with Crippen LogP contribution in [0.3, 0.4) is 0 Å². The predicted molar refractivity (Wildman–Crippen MR) is 97.5 cm³/mol. The molecule has 2 atom stereocenters. The van der Waals surface area contributed by atoms with Crippen LogP contribution in [0.1, 0.15) is 0 Å². The Morgan fingerprint density at radius 3 is 2.42 bits per heavy atom. The Bertz CT molecular complexity index is 930. The number of rotatable bonds is 5. The molecule has 2 aliphatic rings. The minimum atomic E-state index is -3.56. The van der Waals surface area contributed by atoms with Crippen LogP contribution < -0.4 is 5.32 Å². The van der Waals surface area contributed by atoms with Gasteiger partial charge in [-0.2, -0.15) is 4.31 Å². The van der Waals surface area contributed by atoms with Crippen molar-refractivity contribution in [2.24, 2.45) is 11.8 Å². The zero-order valence-electron chi connectivity index (χ0n) is 14.1. The Labute approximate surface area is 152 Å². The summed E-state index contributed by atoms with van der Waals surface area (Å²) in [4.78, 5) is 15.9. The Morgan fingerprint density at radius 2 is 1.85 bits per heavy atom. The van der Waals surface area contributed by atoms with Crippen LogP contribution in [0.2, 0.25) is 0 Å². The van der Waals surface area contributed by atoms with E-state index in [-0.39, 0.29) is 28.7 Å². The van der Waals surface area contributed by atoms with Gasteiger partial charge in [0, 0.05) is 30.9 Å². The number of fused-ring (bicyclic) bond motifs is 1. The molecule has 2 unspecified atom stereocenters. The highest BCUT2D eigenvalue weighted by atomic mass is 32.2. The number of hydrogen-bond acceptors (Lipinski definition) is 4. The summed E-state index contributed by atoms with van der Waals surface area (Å²) in [6, 6.07) is 13.0. The number of pyridine rings is 1. The van der Waals surface area contributed by atoms with Crippen molar-refractivity contribution in [3.63, 3.8) is 0 Å². The van der Waals surface area contributed by atoms with E-state index in [0.717, 1.165) is 11.3 Å². The van der Waals surface area contributed by atoms with E-state index in [0.29, 0.717) is 13.1 Å². The molecule has 1 aliphatic heterocycles. The van der Waals surface area contributed by atoms with E-state index in [9.17, 15) is 13.2 Å². The average Bonchev–Trinajstić information content (AvgIpc) is 3.10. The van der Waals surface area contributed by atoms with Gasteiger partial charge in [0.05, 0.1) is 5.69 Å². The van der Waals surface area contributed by atoms with Crippen molar-refractivity contribution >= 4 is 15.9 Å². The molecule has 2 fully saturated rings. The third-order valence-electron chi connectivity index (χ3n) is 5.10. The van der Waals surface area contributed by atoms with Gasteiger partial charge in [-0.3, -0.25) is 9.78 Å². The molecule has 1 aromatic heterocycles. The van der Waals surface area contributed by atoms with E-state index in [1.54, 1.807) is 12.1 Å². The first-order valence-electron chi connectivity index (χ1n) is 8.45. The van der Waals surface area contributed by atoms with Crippen LogP contribution in [0.5, 0.6) is 0 Å². The molecule has 1 aromatic carbocycles. The maximum absolute atomic E-state index is 12.8. The van der Waals surface area contributed by atoms with Gasteiger partial charge in [0.2, 0.25) is 15.9 Å². The molecule has 7 heteroatoms. The molecule has 1 aliphatic carbocycles. The predicted octanol–water partition coefficient (Wildman–Crippen LogP) is 1.67. The summed E-state index contributed by atoms with van der Waals surface area (Å²) >= 11 is 0. The van der Waals surface area contributed by atoms with Crippen molar-refractivity contribution in [3.05, 3.63) is 61.3 Å². The largest absolute Gasteiger partial charge is 0.349 e. The Morgan fingerprint density at radius 1 is 1.15 bits per heavy atom. The molecule has 0 radical (unpaired) electrons. The van der Waals surface area contributed by atoms with E-state index in [2.05, 4.69) is 16.9 Å². The number of sulfonamides is 1. The highest BCUT2D eigenvalue weighted by Crippen LogP contribution is 2.47. The van der Waals surface area contributed by atoms with Crippen LogP contribution >= 0.6 is 0 Å². The Hall–Kier alpha value is -2.51. The van der Waals surface area contributed by atoms with Gasteiger partial charge in [-0.15, -0.1) is 0 Å². The van der Waals surface area contributed by atoms with Gasteiger partial charge >= 0.3 is 0 Å². The van der Waals surface area contributed by atoms with Gasteiger partial charge < -0.3 is 5.32 Å². The second kappa shape index (κ2) is 6.34. The number of carbonyl (C=O) groups is 1. The van der Waals surface area contributed by atoms with E-state index in [4.69, 9.17) is 0 Å². The van der Waals surface area contributed by atoms with Crippen LogP contribution in [0.15, 0.2) is 66.2 Å². The summed E-state index contributed by atoms with van der Waals surface area (Å²) in [5.41, 5.74) is 1.68. The van der Waals surface area contributed by atoms with E-state index >= 15 is 0 Å². The van der Waals surface area contributed by atoms with Crippen LogP contribution in [0, 0.1) is 11.8 Å². The molecule has 1 N–H and O–H groups in total. The third kappa shape index (κ3) is 2.93. The minimum Gasteiger partial charge on any atom is -0.349 e. The highest BCUT2D eigenvalue weighted by Gasteiger charge is 2.58. The molecule has 134 valence electrons. The van der Waals surface area contributed by atoms with Crippen molar-refractivity contribution in [1.29, 1.82) is 0 Å². The van der Waals surface area contributed by atoms with Gasteiger partial charge in [-0.25, -0.2) is 8.42 Å². The molecule has 2 heterocycles. The van der Waals surface area contributed by atoms with E-state index in [1.807, 2.05) is 30.3 Å². The first-order valence-corrected chi connectivity index (χ1v) is 9.89. The molecule has 6 nitrogen and oxygen atoms in total. The SMILES string of the molecule is C=CC(=O)NC1C2CN(S(=O)(=O)c3ccc(-c4ccccc4)nc3)CC21. The standard InChI is InChI=1S/C19H19N3O3S/c1-2-18(23)21-19-15-11-22(12-16(15)19)26(24,25)14-8-9-17(20-10-14)13-6-4-3-5-7-13/h2-10,15-16,19H,1,11-12H2,(H,21,23). The molecule has 0 spiro atoms. The van der Waals surface area contributed by atoms with Crippen molar-refractivity contribution in [2.45, 2.75) is 10.9 Å². The normalized spacial score (nSPS) is 24.7. The Kier molecular flexibility index (Phi) is 4.13. The summed E-state index contributed by atoms with van der Waals surface area (Å²) in [6.07, 6.45) is 2.65. The smallest absolute Gasteiger partial charge is 0.244 e. The molecule has 4 rings (SSSR count). The second-order valence-corrected chi connectivity index (χ2v) is 8.57. The van der Waals surface area contributed by atoms with Crippen molar-refractivity contribution < 1.29 is 13.2 Å². The molecule has 1 saturated heterocycles. The minimum absolute atomic E-state index is 0.0607. The first-order chi connectivity index (χ1) is 12.5. The number of nitrogens with one attached hydrogen (secondary N) is 1. The van der Waals surface area contributed by atoms with Gasteiger partial charge in [0.15, 0.2) is 0 Å². The fourth-order valence-corrected chi connectivity index (χ4v) is 5.04.